The molecule has 4 nitrogen and oxygen atoms in total. The summed E-state index contributed by atoms with van der Waals surface area (Å²) in [5.41, 5.74) is 6.97. The van der Waals surface area contributed by atoms with Crippen LogP contribution in [0.25, 0.3) is 0 Å². The Bertz CT molecular complexity index is 463. The van der Waals surface area contributed by atoms with Crippen LogP contribution in [0.2, 0.25) is 0 Å². The van der Waals surface area contributed by atoms with Crippen molar-refractivity contribution < 1.29 is 9.53 Å². The van der Waals surface area contributed by atoms with Gasteiger partial charge in [-0.15, -0.1) is 0 Å². The average molecular weight is 262 g/mol. The summed E-state index contributed by atoms with van der Waals surface area (Å²) in [5.74, 6) is 0.409. The number of nitrogens with one attached hydrogen (secondary N) is 1. The smallest absolute Gasteiger partial charge is 0.240 e. The van der Waals surface area contributed by atoms with Crippen LogP contribution in [0.4, 0.5) is 0 Å². The first-order valence-corrected chi connectivity index (χ1v) is 6.68. The monoisotopic (exact) mass is 262 g/mol. The fraction of sp³-hybridized carbons (Fsp3) is 0.533. The summed E-state index contributed by atoms with van der Waals surface area (Å²) >= 11 is 0. The molecule has 3 N–H and O–H groups in total. The predicted molar refractivity (Wildman–Crippen MR) is 75.2 cm³/mol. The zero-order valence-electron chi connectivity index (χ0n) is 11.8. The number of primary amides is 1. The number of hydrogen-bond donors (Lipinski definition) is 2. The molecule has 1 aromatic carbocycles. The number of amides is 1. The minimum Gasteiger partial charge on any atom is -0.491 e. The molecule has 0 spiro atoms. The molecule has 0 saturated heterocycles. The van der Waals surface area contributed by atoms with Crippen molar-refractivity contribution >= 4 is 5.91 Å². The van der Waals surface area contributed by atoms with Gasteiger partial charge in [-0.1, -0.05) is 6.07 Å². The second-order valence-corrected chi connectivity index (χ2v) is 5.73. The summed E-state index contributed by atoms with van der Waals surface area (Å²) in [6, 6.07) is 6.42. The van der Waals surface area contributed by atoms with Gasteiger partial charge in [-0.05, 0) is 56.9 Å². The van der Waals surface area contributed by atoms with Crippen LogP contribution >= 0.6 is 0 Å². The van der Waals surface area contributed by atoms with E-state index >= 15 is 0 Å². The maximum atomic E-state index is 11.6. The molecular weight excluding hydrogens is 240 g/mol. The highest BCUT2D eigenvalue weighted by molar-refractivity contribution is 5.84. The van der Waals surface area contributed by atoms with Gasteiger partial charge in [-0.3, -0.25) is 10.1 Å². The summed E-state index contributed by atoms with van der Waals surface area (Å²) in [4.78, 5) is 11.6. The lowest BCUT2D eigenvalue weighted by Crippen LogP contribution is -2.57. The Morgan fingerprint density at radius 3 is 2.42 bits per heavy atom. The van der Waals surface area contributed by atoms with E-state index in [0.717, 1.165) is 29.7 Å². The van der Waals surface area contributed by atoms with E-state index in [-0.39, 0.29) is 12.5 Å². The molecule has 19 heavy (non-hydrogen) atoms. The molecule has 1 unspecified atom stereocenters. The molecule has 0 aromatic heterocycles. The molecule has 1 aliphatic carbocycles. The van der Waals surface area contributed by atoms with Crippen molar-refractivity contribution in [2.45, 2.75) is 45.2 Å². The van der Waals surface area contributed by atoms with Crippen LogP contribution in [0, 0.1) is 13.8 Å². The van der Waals surface area contributed by atoms with Crippen LogP contribution in [0.15, 0.2) is 18.2 Å². The SMILES string of the molecule is Cc1cc(C)cc(OCC(C)(NC2CC2)C(N)=O)c1. The Kier molecular flexibility index (Phi) is 3.80. The number of rotatable bonds is 6. The Balaban J connectivity index is 2.03. The van der Waals surface area contributed by atoms with Gasteiger partial charge >= 0.3 is 0 Å². The first-order chi connectivity index (χ1) is 8.89. The summed E-state index contributed by atoms with van der Waals surface area (Å²) in [6.45, 7) is 6.10. The van der Waals surface area contributed by atoms with E-state index in [1.54, 1.807) is 6.92 Å². The van der Waals surface area contributed by atoms with Gasteiger partial charge in [0.15, 0.2) is 0 Å². The van der Waals surface area contributed by atoms with Crippen molar-refractivity contribution in [3.63, 3.8) is 0 Å². The number of benzene rings is 1. The number of carbonyl (C=O) groups is 1. The third-order valence-electron chi connectivity index (χ3n) is 3.37. The number of ether oxygens (including phenoxy) is 1. The molecule has 0 bridgehead atoms. The molecule has 0 aliphatic heterocycles. The quantitative estimate of drug-likeness (QED) is 0.819. The van der Waals surface area contributed by atoms with Crippen molar-refractivity contribution in [2.75, 3.05) is 6.61 Å². The van der Waals surface area contributed by atoms with Crippen LogP contribution in [0.1, 0.15) is 30.9 Å². The van der Waals surface area contributed by atoms with Crippen molar-refractivity contribution in [1.82, 2.24) is 5.32 Å². The zero-order valence-corrected chi connectivity index (χ0v) is 11.8. The Hall–Kier alpha value is -1.55. The fourth-order valence-corrected chi connectivity index (χ4v) is 2.11. The van der Waals surface area contributed by atoms with Gasteiger partial charge in [0.1, 0.15) is 17.9 Å². The fourth-order valence-electron chi connectivity index (χ4n) is 2.11. The van der Waals surface area contributed by atoms with E-state index in [9.17, 15) is 4.79 Å². The lowest BCUT2D eigenvalue weighted by Gasteiger charge is -2.27. The molecule has 0 radical (unpaired) electrons. The maximum Gasteiger partial charge on any atom is 0.240 e. The van der Waals surface area contributed by atoms with Crippen LogP contribution < -0.4 is 15.8 Å². The van der Waals surface area contributed by atoms with E-state index in [1.165, 1.54) is 0 Å². The Labute approximate surface area is 114 Å². The highest BCUT2D eigenvalue weighted by Gasteiger charge is 2.37. The van der Waals surface area contributed by atoms with E-state index < -0.39 is 5.54 Å². The molecule has 1 amide bonds. The molecule has 1 aromatic rings. The second kappa shape index (κ2) is 5.21. The molecule has 2 rings (SSSR count). The number of nitrogens with two attached hydrogens (primary N) is 1. The molecule has 104 valence electrons. The lowest BCUT2D eigenvalue weighted by atomic mass is 10.0. The first kappa shape index (κ1) is 13.9. The molecular formula is C15H22N2O2. The van der Waals surface area contributed by atoms with Crippen molar-refractivity contribution in [3.8, 4) is 5.75 Å². The van der Waals surface area contributed by atoms with Gasteiger partial charge in [-0.25, -0.2) is 0 Å². The minimum absolute atomic E-state index is 0.252. The summed E-state index contributed by atoms with van der Waals surface area (Å²) in [7, 11) is 0. The largest absolute Gasteiger partial charge is 0.491 e. The normalized spacial score (nSPS) is 17.8. The maximum absolute atomic E-state index is 11.6. The molecule has 4 heteroatoms. The van der Waals surface area contributed by atoms with Crippen LogP contribution in [-0.4, -0.2) is 24.1 Å². The van der Waals surface area contributed by atoms with E-state index in [0.29, 0.717) is 6.04 Å². The number of carbonyl (C=O) groups excluding carboxylic acids is 1. The Morgan fingerprint density at radius 1 is 1.37 bits per heavy atom. The third kappa shape index (κ3) is 3.70. The van der Waals surface area contributed by atoms with Crippen molar-refractivity contribution in [2.24, 2.45) is 5.73 Å². The summed E-state index contributed by atoms with van der Waals surface area (Å²) < 4.78 is 5.76. The minimum atomic E-state index is -0.807. The summed E-state index contributed by atoms with van der Waals surface area (Å²) in [5, 5.41) is 3.27. The first-order valence-electron chi connectivity index (χ1n) is 6.68. The van der Waals surface area contributed by atoms with E-state index in [1.807, 2.05) is 26.0 Å². The molecule has 1 fully saturated rings. The van der Waals surface area contributed by atoms with Crippen LogP contribution in [0.5, 0.6) is 5.75 Å². The second-order valence-electron chi connectivity index (χ2n) is 5.73. The van der Waals surface area contributed by atoms with Crippen molar-refractivity contribution in [3.05, 3.63) is 29.3 Å². The number of aryl methyl sites for hydroxylation is 2. The summed E-state index contributed by atoms with van der Waals surface area (Å²) in [6.07, 6.45) is 2.21. The van der Waals surface area contributed by atoms with E-state index in [4.69, 9.17) is 10.5 Å². The van der Waals surface area contributed by atoms with Gasteiger partial charge in [0.2, 0.25) is 5.91 Å². The van der Waals surface area contributed by atoms with Crippen molar-refractivity contribution in [1.29, 1.82) is 0 Å². The molecule has 1 saturated carbocycles. The highest BCUT2D eigenvalue weighted by Crippen LogP contribution is 2.23. The molecule has 0 heterocycles. The highest BCUT2D eigenvalue weighted by atomic mass is 16.5. The molecule has 1 aliphatic rings. The van der Waals surface area contributed by atoms with E-state index in [2.05, 4.69) is 11.4 Å². The average Bonchev–Trinajstić information content (AvgIpc) is 3.09. The lowest BCUT2D eigenvalue weighted by molar-refractivity contribution is -0.125. The van der Waals surface area contributed by atoms with Gasteiger partial charge in [0, 0.05) is 6.04 Å². The van der Waals surface area contributed by atoms with Gasteiger partial charge in [0.05, 0.1) is 0 Å². The standard InChI is InChI=1S/C15H22N2O2/c1-10-6-11(2)8-13(7-10)19-9-15(3,14(16)18)17-12-4-5-12/h6-8,12,17H,4-5,9H2,1-3H3,(H2,16,18). The van der Waals surface area contributed by atoms with Gasteiger partial charge < -0.3 is 10.5 Å². The Morgan fingerprint density at radius 2 is 1.95 bits per heavy atom. The van der Waals surface area contributed by atoms with Gasteiger partial charge in [0.25, 0.3) is 0 Å². The molecule has 1 atom stereocenters. The third-order valence-corrected chi connectivity index (χ3v) is 3.37. The van der Waals surface area contributed by atoms with Crippen LogP contribution in [-0.2, 0) is 4.79 Å². The predicted octanol–water partition coefficient (Wildman–Crippen LogP) is 1.68. The van der Waals surface area contributed by atoms with Crippen LogP contribution in [0.3, 0.4) is 0 Å². The topological polar surface area (TPSA) is 64.3 Å². The zero-order chi connectivity index (χ0) is 14.0. The van der Waals surface area contributed by atoms with Gasteiger partial charge in [-0.2, -0.15) is 0 Å². The number of hydrogen-bond acceptors (Lipinski definition) is 3.